The van der Waals surface area contributed by atoms with Gasteiger partial charge in [-0.25, -0.2) is 0 Å². The molecule has 2 nitrogen and oxygen atoms in total. The number of carbonyl (C=O) groups excluding carboxylic acids is 1. The summed E-state index contributed by atoms with van der Waals surface area (Å²) in [5.41, 5.74) is 0.845. The van der Waals surface area contributed by atoms with Crippen LogP contribution in [0.3, 0.4) is 0 Å². The monoisotopic (exact) mass is 334 g/mol. The summed E-state index contributed by atoms with van der Waals surface area (Å²) in [6, 6.07) is 0. The number of carbonyl (C=O) groups is 1. The molecule has 0 aliphatic heterocycles. The van der Waals surface area contributed by atoms with Crippen molar-refractivity contribution in [3.63, 3.8) is 0 Å². The van der Waals surface area contributed by atoms with Crippen LogP contribution in [0, 0.1) is 23.2 Å². The molecule has 2 aliphatic rings. The van der Waals surface area contributed by atoms with Crippen molar-refractivity contribution >= 4 is 14.1 Å². The first-order chi connectivity index (χ1) is 10.3. The van der Waals surface area contributed by atoms with E-state index in [-0.39, 0.29) is 28.3 Å². The van der Waals surface area contributed by atoms with E-state index in [0.29, 0.717) is 11.8 Å². The summed E-state index contributed by atoms with van der Waals surface area (Å²) in [6.07, 6.45) is 5.10. The van der Waals surface area contributed by atoms with Crippen molar-refractivity contribution in [3.8, 4) is 0 Å². The highest BCUT2D eigenvalue weighted by atomic mass is 28.4. The molecule has 3 heteroatoms. The number of rotatable bonds is 3. The van der Waals surface area contributed by atoms with Crippen LogP contribution in [0.2, 0.25) is 18.1 Å². The van der Waals surface area contributed by atoms with E-state index >= 15 is 0 Å². The van der Waals surface area contributed by atoms with Crippen LogP contribution in [0.15, 0.2) is 24.3 Å². The lowest BCUT2D eigenvalue weighted by Gasteiger charge is -2.44. The number of hydrogen-bond acceptors (Lipinski definition) is 2. The van der Waals surface area contributed by atoms with Crippen LogP contribution in [0.4, 0.5) is 0 Å². The van der Waals surface area contributed by atoms with Gasteiger partial charge in [0.25, 0.3) is 0 Å². The van der Waals surface area contributed by atoms with Crippen LogP contribution in [-0.4, -0.2) is 20.2 Å². The maximum Gasteiger partial charge on any atom is 0.192 e. The molecule has 0 spiro atoms. The fraction of sp³-hybridized carbons (Fsp3) is 0.750. The summed E-state index contributed by atoms with van der Waals surface area (Å²) in [6.45, 7) is 21.8. The summed E-state index contributed by atoms with van der Waals surface area (Å²) in [5.74, 6) is 1.25. The van der Waals surface area contributed by atoms with Crippen LogP contribution < -0.4 is 0 Å². The Morgan fingerprint density at radius 3 is 2.39 bits per heavy atom. The van der Waals surface area contributed by atoms with Gasteiger partial charge in [-0.3, -0.25) is 4.79 Å². The Kier molecular flexibility index (Phi) is 4.62. The molecule has 0 aromatic rings. The topological polar surface area (TPSA) is 26.3 Å². The molecular formula is C20H34O2Si. The molecule has 0 N–H and O–H groups in total. The Morgan fingerprint density at radius 2 is 1.91 bits per heavy atom. The Morgan fingerprint density at radius 1 is 1.35 bits per heavy atom. The molecule has 1 saturated carbocycles. The van der Waals surface area contributed by atoms with Crippen LogP contribution in [0.1, 0.15) is 48.0 Å². The normalized spacial score (nSPS) is 34.1. The molecule has 130 valence electrons. The van der Waals surface area contributed by atoms with Crippen molar-refractivity contribution in [1.82, 2.24) is 0 Å². The number of fused-ring (bicyclic) bond motifs is 2. The highest BCUT2D eigenvalue weighted by Crippen LogP contribution is 2.54. The summed E-state index contributed by atoms with van der Waals surface area (Å²) < 4.78 is 6.86. The van der Waals surface area contributed by atoms with Gasteiger partial charge in [0.05, 0.1) is 6.10 Å². The van der Waals surface area contributed by atoms with E-state index in [1.54, 1.807) is 0 Å². The van der Waals surface area contributed by atoms with Crippen molar-refractivity contribution in [2.75, 3.05) is 0 Å². The molecule has 2 rings (SSSR count). The molecule has 1 fully saturated rings. The maximum atomic E-state index is 12.7. The van der Waals surface area contributed by atoms with Crippen LogP contribution in [0.25, 0.3) is 0 Å². The summed E-state index contributed by atoms with van der Waals surface area (Å²) in [5, 5.41) is 0.171. The van der Waals surface area contributed by atoms with E-state index in [4.69, 9.17) is 4.43 Å². The fourth-order valence-corrected chi connectivity index (χ4v) is 5.27. The zero-order valence-corrected chi connectivity index (χ0v) is 17.2. The predicted octanol–water partition coefficient (Wildman–Crippen LogP) is 5.37. The van der Waals surface area contributed by atoms with E-state index in [1.807, 2.05) is 6.08 Å². The van der Waals surface area contributed by atoms with E-state index in [9.17, 15) is 4.79 Å². The Bertz CT molecular complexity index is 536. The van der Waals surface area contributed by atoms with Crippen molar-refractivity contribution in [2.24, 2.45) is 23.2 Å². The molecule has 23 heavy (non-hydrogen) atoms. The smallest absolute Gasteiger partial charge is 0.192 e. The van der Waals surface area contributed by atoms with E-state index in [2.05, 4.69) is 67.3 Å². The highest BCUT2D eigenvalue weighted by molar-refractivity contribution is 6.74. The van der Waals surface area contributed by atoms with Gasteiger partial charge in [-0.1, -0.05) is 46.3 Å². The minimum Gasteiger partial charge on any atom is -0.413 e. The first kappa shape index (κ1) is 18.7. The predicted molar refractivity (Wildman–Crippen MR) is 99.9 cm³/mol. The second-order valence-electron chi connectivity index (χ2n) is 9.58. The Hall–Kier alpha value is -0.673. The third kappa shape index (κ3) is 3.02. The molecule has 0 amide bonds. The Balaban J connectivity index is 2.45. The molecule has 0 unspecified atom stereocenters. The lowest BCUT2D eigenvalue weighted by molar-refractivity contribution is -0.126. The number of ketones is 1. The van der Waals surface area contributed by atoms with Gasteiger partial charge in [-0.05, 0) is 49.4 Å². The third-order valence-electron chi connectivity index (χ3n) is 6.76. The SMILES string of the molecule is C=C[C@@H]1[C@@H](O[Si](C)(C)C(C)(C)C)[C@H]2C[C@@H]1C(C)=CC(=O)C2(C)C. The lowest BCUT2D eigenvalue weighted by Crippen LogP contribution is -2.49. The first-order valence-electron chi connectivity index (χ1n) is 8.86. The number of hydrogen-bond donors (Lipinski definition) is 0. The second kappa shape index (κ2) is 5.70. The zero-order chi connectivity index (χ0) is 17.8. The fourth-order valence-electron chi connectivity index (χ4n) is 3.92. The highest BCUT2D eigenvalue weighted by Gasteiger charge is 2.55. The van der Waals surface area contributed by atoms with E-state index in [1.165, 1.54) is 5.57 Å². The van der Waals surface area contributed by atoms with Gasteiger partial charge in [-0.2, -0.15) is 0 Å². The molecule has 2 bridgehead atoms. The Labute approximate surface area is 143 Å². The minimum atomic E-state index is -1.89. The summed E-state index contributed by atoms with van der Waals surface area (Å²) >= 11 is 0. The van der Waals surface area contributed by atoms with Gasteiger partial charge in [0.2, 0.25) is 0 Å². The minimum absolute atomic E-state index is 0.112. The largest absolute Gasteiger partial charge is 0.413 e. The molecule has 0 aromatic carbocycles. The lowest BCUT2D eigenvalue weighted by atomic mass is 9.73. The number of allylic oxidation sites excluding steroid dienone is 2. The molecular weight excluding hydrogens is 300 g/mol. The van der Waals surface area contributed by atoms with Crippen molar-refractivity contribution < 1.29 is 9.22 Å². The van der Waals surface area contributed by atoms with Gasteiger partial charge in [-0.15, -0.1) is 6.58 Å². The van der Waals surface area contributed by atoms with Gasteiger partial charge >= 0.3 is 0 Å². The molecule has 0 aromatic heterocycles. The van der Waals surface area contributed by atoms with Crippen LogP contribution in [0.5, 0.6) is 0 Å². The van der Waals surface area contributed by atoms with Gasteiger partial charge in [0.15, 0.2) is 14.1 Å². The summed E-state index contributed by atoms with van der Waals surface area (Å²) in [4.78, 5) is 12.7. The molecule has 0 radical (unpaired) electrons. The van der Waals surface area contributed by atoms with Gasteiger partial charge in [0, 0.05) is 11.3 Å². The maximum absolute atomic E-state index is 12.7. The first-order valence-corrected chi connectivity index (χ1v) is 11.8. The van der Waals surface area contributed by atoms with Gasteiger partial charge < -0.3 is 4.43 Å². The average molecular weight is 335 g/mol. The van der Waals surface area contributed by atoms with E-state index in [0.717, 1.165) is 6.42 Å². The van der Waals surface area contributed by atoms with Crippen LogP contribution in [-0.2, 0) is 9.22 Å². The molecule has 4 atom stereocenters. The summed E-state index contributed by atoms with van der Waals surface area (Å²) in [7, 11) is -1.89. The second-order valence-corrected chi connectivity index (χ2v) is 14.3. The quantitative estimate of drug-likeness (QED) is 0.512. The van der Waals surface area contributed by atoms with Crippen molar-refractivity contribution in [2.45, 2.75) is 72.2 Å². The van der Waals surface area contributed by atoms with Gasteiger partial charge in [0.1, 0.15) is 0 Å². The zero-order valence-electron chi connectivity index (χ0n) is 16.2. The standard InChI is InChI=1S/C20H34O2Si/c1-10-14-15-12-16(20(6,7)17(21)11-13(15)2)18(14)22-23(8,9)19(3,4)5/h10-11,14-16,18H,1,12H2,2-9H3/t14-,15+,16+,18+/m0/s1. The van der Waals surface area contributed by atoms with Crippen LogP contribution >= 0.6 is 0 Å². The van der Waals surface area contributed by atoms with Crippen molar-refractivity contribution in [1.29, 1.82) is 0 Å². The van der Waals surface area contributed by atoms with Crippen molar-refractivity contribution in [3.05, 3.63) is 24.3 Å². The molecule has 0 saturated heterocycles. The molecule has 0 heterocycles. The average Bonchev–Trinajstić information content (AvgIpc) is 2.71. The molecule has 2 aliphatic carbocycles. The van der Waals surface area contributed by atoms with E-state index < -0.39 is 8.32 Å². The third-order valence-corrected chi connectivity index (χ3v) is 11.2.